The van der Waals surface area contributed by atoms with E-state index in [1.54, 1.807) is 0 Å². The number of hydrogen-bond acceptors (Lipinski definition) is 5. The van der Waals surface area contributed by atoms with Crippen molar-refractivity contribution in [3.05, 3.63) is 24.3 Å². The maximum atomic E-state index is 12.4. The highest BCUT2D eigenvalue weighted by molar-refractivity contribution is 5.76. The third-order valence-electron chi connectivity index (χ3n) is 10.2. The number of aliphatic hydroxyl groups excluding tert-OH is 2. The van der Waals surface area contributed by atoms with Gasteiger partial charge in [0.25, 0.3) is 0 Å². The molecule has 3 N–H and O–H groups in total. The molecule has 0 fully saturated rings. The van der Waals surface area contributed by atoms with Gasteiger partial charge in [-0.15, -0.1) is 0 Å². The third kappa shape index (κ3) is 38.1. The van der Waals surface area contributed by atoms with Gasteiger partial charge in [0, 0.05) is 12.8 Å². The molecule has 0 spiro atoms. The van der Waals surface area contributed by atoms with Crippen LogP contribution in [0.15, 0.2) is 24.3 Å². The monoisotopic (exact) mass is 734 g/mol. The molecule has 306 valence electrons. The van der Waals surface area contributed by atoms with Crippen LogP contribution in [0, 0.1) is 0 Å². The summed E-state index contributed by atoms with van der Waals surface area (Å²) in [6, 6.07) is -0.577. The second kappa shape index (κ2) is 42.1. The van der Waals surface area contributed by atoms with Crippen molar-refractivity contribution in [3.8, 4) is 0 Å². The quantitative estimate of drug-likeness (QED) is 0.0330. The summed E-state index contributed by atoms with van der Waals surface area (Å²) in [6.07, 6.45) is 47.1. The molecule has 0 radical (unpaired) electrons. The molecule has 0 aromatic heterocycles. The molecule has 0 aliphatic rings. The molecule has 6 heteroatoms. The minimum absolute atomic E-state index is 0.0450. The lowest BCUT2D eigenvalue weighted by molar-refractivity contribution is -0.143. The van der Waals surface area contributed by atoms with Crippen molar-refractivity contribution in [2.45, 2.75) is 244 Å². The molecule has 2 atom stereocenters. The van der Waals surface area contributed by atoms with Crippen LogP contribution in [0.2, 0.25) is 0 Å². The van der Waals surface area contributed by atoms with Gasteiger partial charge < -0.3 is 20.3 Å². The zero-order chi connectivity index (χ0) is 38.0. The first-order valence-electron chi connectivity index (χ1n) is 22.6. The van der Waals surface area contributed by atoms with Gasteiger partial charge in [0.15, 0.2) is 0 Å². The number of rotatable bonds is 41. The summed E-state index contributed by atoms with van der Waals surface area (Å²) >= 11 is 0. The Morgan fingerprint density at radius 2 is 0.923 bits per heavy atom. The SMILES string of the molecule is CCCCCCC/C=C\CCCCCCCC(=O)OCCCCCC/C=C\CCCC(=O)NC(CO)C(O)CCCCCCCCCCCCCC. The van der Waals surface area contributed by atoms with Gasteiger partial charge in [0.05, 0.1) is 25.4 Å². The van der Waals surface area contributed by atoms with Crippen LogP contribution in [-0.2, 0) is 14.3 Å². The van der Waals surface area contributed by atoms with Crippen LogP contribution < -0.4 is 5.32 Å². The number of carbonyl (C=O) groups is 2. The fraction of sp³-hybridized carbons (Fsp3) is 0.870. The Bertz CT molecular complexity index is 813. The van der Waals surface area contributed by atoms with Crippen LogP contribution in [-0.4, -0.2) is 47.4 Å². The summed E-state index contributed by atoms with van der Waals surface area (Å²) in [7, 11) is 0. The van der Waals surface area contributed by atoms with Gasteiger partial charge >= 0.3 is 5.97 Å². The minimum Gasteiger partial charge on any atom is -0.466 e. The third-order valence-corrected chi connectivity index (χ3v) is 10.2. The van der Waals surface area contributed by atoms with Gasteiger partial charge in [-0.1, -0.05) is 173 Å². The van der Waals surface area contributed by atoms with E-state index in [9.17, 15) is 19.8 Å². The van der Waals surface area contributed by atoms with Crippen LogP contribution in [0.25, 0.3) is 0 Å². The van der Waals surface area contributed by atoms with Gasteiger partial charge in [-0.05, 0) is 70.6 Å². The molecule has 0 aliphatic heterocycles. The van der Waals surface area contributed by atoms with E-state index in [1.807, 2.05) is 0 Å². The Morgan fingerprint density at radius 1 is 0.519 bits per heavy atom. The lowest BCUT2D eigenvalue weighted by atomic mass is 10.0. The van der Waals surface area contributed by atoms with E-state index in [2.05, 4.69) is 43.5 Å². The molecule has 0 aromatic carbocycles. The summed E-state index contributed by atoms with van der Waals surface area (Å²) < 4.78 is 5.42. The van der Waals surface area contributed by atoms with Crippen molar-refractivity contribution in [2.75, 3.05) is 13.2 Å². The number of hydrogen-bond donors (Lipinski definition) is 3. The molecular weight excluding hydrogens is 647 g/mol. The zero-order valence-electron chi connectivity index (χ0n) is 34.5. The summed E-state index contributed by atoms with van der Waals surface area (Å²) in [5, 5.41) is 23.0. The summed E-state index contributed by atoms with van der Waals surface area (Å²) in [5.41, 5.74) is 0. The first-order chi connectivity index (χ1) is 25.5. The number of unbranched alkanes of at least 4 members (excludes halogenated alkanes) is 26. The summed E-state index contributed by atoms with van der Waals surface area (Å²) in [6.45, 7) is 4.83. The molecule has 2 unspecified atom stereocenters. The summed E-state index contributed by atoms with van der Waals surface area (Å²) in [5.74, 6) is -0.143. The highest BCUT2D eigenvalue weighted by Gasteiger charge is 2.19. The zero-order valence-corrected chi connectivity index (χ0v) is 34.5. The van der Waals surface area contributed by atoms with E-state index in [0.717, 1.165) is 70.6 Å². The van der Waals surface area contributed by atoms with Crippen molar-refractivity contribution < 1.29 is 24.5 Å². The Kier molecular flexibility index (Phi) is 40.7. The van der Waals surface area contributed by atoms with Crippen molar-refractivity contribution in [2.24, 2.45) is 0 Å². The lowest BCUT2D eigenvalue weighted by Gasteiger charge is -2.22. The average Bonchev–Trinajstić information content (AvgIpc) is 3.14. The maximum absolute atomic E-state index is 12.4. The fourth-order valence-corrected chi connectivity index (χ4v) is 6.69. The Morgan fingerprint density at radius 3 is 1.40 bits per heavy atom. The molecule has 0 saturated carbocycles. The molecule has 1 amide bonds. The number of allylic oxidation sites excluding steroid dienone is 4. The first kappa shape index (κ1) is 50.3. The number of carbonyl (C=O) groups excluding carboxylic acids is 2. The van der Waals surface area contributed by atoms with E-state index < -0.39 is 12.1 Å². The molecule has 0 aliphatic carbocycles. The second-order valence-electron chi connectivity index (χ2n) is 15.4. The van der Waals surface area contributed by atoms with Crippen molar-refractivity contribution in [1.29, 1.82) is 0 Å². The fourth-order valence-electron chi connectivity index (χ4n) is 6.69. The number of nitrogens with one attached hydrogen (secondary N) is 1. The van der Waals surface area contributed by atoms with Gasteiger partial charge in [-0.25, -0.2) is 0 Å². The molecule has 6 nitrogen and oxygen atoms in total. The second-order valence-corrected chi connectivity index (χ2v) is 15.4. The largest absolute Gasteiger partial charge is 0.466 e. The Labute approximate surface area is 322 Å². The Hall–Kier alpha value is -1.66. The molecule has 0 bridgehead atoms. The average molecular weight is 734 g/mol. The lowest BCUT2D eigenvalue weighted by Crippen LogP contribution is -2.45. The van der Waals surface area contributed by atoms with Crippen molar-refractivity contribution in [3.63, 3.8) is 0 Å². The van der Waals surface area contributed by atoms with Gasteiger partial charge in [-0.2, -0.15) is 0 Å². The predicted molar refractivity (Wildman–Crippen MR) is 223 cm³/mol. The topological polar surface area (TPSA) is 95.9 Å². The van der Waals surface area contributed by atoms with E-state index in [0.29, 0.717) is 25.9 Å². The molecular formula is C46H87NO5. The standard InChI is InChI=1S/C46H87NO5/c1-3-5-7-9-11-13-15-17-18-20-24-28-32-36-40-46(51)52-41-37-33-29-25-21-23-27-31-35-39-45(50)47-43(42-48)44(49)38-34-30-26-22-19-16-14-12-10-8-6-4-2/h15,17,23,27,43-44,48-49H,3-14,16,18-22,24-26,28-42H2,1-2H3,(H,47,50)/b17-15-,27-23-. The van der Waals surface area contributed by atoms with Crippen molar-refractivity contribution in [1.82, 2.24) is 5.32 Å². The summed E-state index contributed by atoms with van der Waals surface area (Å²) in [4.78, 5) is 24.4. The molecule has 0 saturated heterocycles. The van der Waals surface area contributed by atoms with E-state index in [1.165, 1.54) is 128 Å². The van der Waals surface area contributed by atoms with Crippen LogP contribution in [0.1, 0.15) is 232 Å². The van der Waals surface area contributed by atoms with Crippen LogP contribution in [0.5, 0.6) is 0 Å². The first-order valence-corrected chi connectivity index (χ1v) is 22.6. The van der Waals surface area contributed by atoms with Crippen molar-refractivity contribution >= 4 is 11.9 Å². The van der Waals surface area contributed by atoms with Gasteiger partial charge in [0.1, 0.15) is 0 Å². The van der Waals surface area contributed by atoms with E-state index in [4.69, 9.17) is 4.74 Å². The highest BCUT2D eigenvalue weighted by atomic mass is 16.5. The van der Waals surface area contributed by atoms with Crippen LogP contribution >= 0.6 is 0 Å². The van der Waals surface area contributed by atoms with E-state index >= 15 is 0 Å². The number of amides is 1. The Balaban J connectivity index is 3.56. The molecule has 0 rings (SSSR count). The van der Waals surface area contributed by atoms with E-state index in [-0.39, 0.29) is 18.5 Å². The number of esters is 1. The predicted octanol–water partition coefficient (Wildman–Crippen LogP) is 12.8. The highest BCUT2D eigenvalue weighted by Crippen LogP contribution is 2.15. The van der Waals surface area contributed by atoms with Crippen LogP contribution in [0.4, 0.5) is 0 Å². The molecule has 0 heterocycles. The maximum Gasteiger partial charge on any atom is 0.305 e. The number of aliphatic hydroxyl groups is 2. The molecule has 52 heavy (non-hydrogen) atoms. The van der Waals surface area contributed by atoms with Gasteiger partial charge in [0.2, 0.25) is 5.91 Å². The molecule has 0 aromatic rings. The van der Waals surface area contributed by atoms with Gasteiger partial charge in [-0.3, -0.25) is 9.59 Å². The van der Waals surface area contributed by atoms with Crippen LogP contribution in [0.3, 0.4) is 0 Å². The minimum atomic E-state index is -0.693. The smallest absolute Gasteiger partial charge is 0.305 e. The number of ether oxygens (including phenoxy) is 1. The normalized spacial score (nSPS) is 12.9.